The average Bonchev–Trinajstić information content (AvgIpc) is 2.29. The lowest BCUT2D eigenvalue weighted by Gasteiger charge is -2.17. The van der Waals surface area contributed by atoms with Gasteiger partial charge >= 0.3 is 0 Å². The molecule has 0 bridgehead atoms. The van der Waals surface area contributed by atoms with Crippen LogP contribution in [-0.4, -0.2) is 18.4 Å². The summed E-state index contributed by atoms with van der Waals surface area (Å²) in [5.74, 6) is -0.352. The first-order valence-corrected chi connectivity index (χ1v) is 6.35. The van der Waals surface area contributed by atoms with Crippen molar-refractivity contribution in [3.8, 4) is 0 Å². The van der Waals surface area contributed by atoms with Crippen LogP contribution in [0.3, 0.4) is 0 Å². The van der Waals surface area contributed by atoms with Crippen molar-refractivity contribution >= 4 is 17.5 Å². The molecular formula is C15H22N2O2. The summed E-state index contributed by atoms with van der Waals surface area (Å²) in [5.41, 5.74) is 2.38. The monoisotopic (exact) mass is 262 g/mol. The quantitative estimate of drug-likeness (QED) is 0.878. The lowest BCUT2D eigenvalue weighted by molar-refractivity contribution is -0.130. The lowest BCUT2D eigenvalue weighted by Crippen LogP contribution is -2.39. The van der Waals surface area contributed by atoms with Gasteiger partial charge in [0.2, 0.25) is 11.8 Å². The summed E-state index contributed by atoms with van der Waals surface area (Å²) in [6.07, 6.45) is 0. The molecule has 2 amide bonds. The highest BCUT2D eigenvalue weighted by atomic mass is 16.2. The zero-order chi connectivity index (χ0) is 14.6. The largest absolute Gasteiger partial charge is 0.347 e. The second kappa shape index (κ2) is 5.87. The molecule has 0 aliphatic carbocycles. The first-order chi connectivity index (χ1) is 8.70. The van der Waals surface area contributed by atoms with Gasteiger partial charge in [-0.2, -0.15) is 0 Å². The smallest absolute Gasteiger partial charge is 0.243 e. The molecule has 1 rings (SSSR count). The molecule has 0 saturated carbocycles. The van der Waals surface area contributed by atoms with Crippen molar-refractivity contribution in [2.45, 2.75) is 34.6 Å². The minimum Gasteiger partial charge on any atom is -0.347 e. The zero-order valence-electron chi connectivity index (χ0n) is 12.3. The van der Waals surface area contributed by atoms with Gasteiger partial charge in [-0.25, -0.2) is 0 Å². The van der Waals surface area contributed by atoms with E-state index >= 15 is 0 Å². The molecule has 0 unspecified atom stereocenters. The van der Waals surface area contributed by atoms with Crippen LogP contribution in [0.2, 0.25) is 0 Å². The molecule has 0 atom stereocenters. The first-order valence-electron chi connectivity index (χ1n) is 6.35. The van der Waals surface area contributed by atoms with Gasteiger partial charge in [0.1, 0.15) is 0 Å². The molecule has 0 fully saturated rings. The minimum atomic E-state index is -0.487. The Morgan fingerprint density at radius 1 is 1.16 bits per heavy atom. The maximum atomic E-state index is 11.8. The van der Waals surface area contributed by atoms with Gasteiger partial charge in [0.15, 0.2) is 0 Å². The fourth-order valence-corrected chi connectivity index (χ4v) is 1.49. The number of anilines is 1. The van der Waals surface area contributed by atoms with Crippen molar-refractivity contribution in [2.24, 2.45) is 5.41 Å². The van der Waals surface area contributed by atoms with Crippen molar-refractivity contribution in [2.75, 3.05) is 11.9 Å². The van der Waals surface area contributed by atoms with Gasteiger partial charge in [-0.05, 0) is 31.0 Å². The van der Waals surface area contributed by atoms with Crippen LogP contribution >= 0.6 is 0 Å². The van der Waals surface area contributed by atoms with E-state index in [2.05, 4.69) is 10.6 Å². The molecule has 0 aliphatic rings. The number of aryl methyl sites for hydroxylation is 2. The van der Waals surface area contributed by atoms with Crippen LogP contribution in [0.4, 0.5) is 5.69 Å². The van der Waals surface area contributed by atoms with Crippen molar-refractivity contribution in [3.05, 3.63) is 29.3 Å². The van der Waals surface area contributed by atoms with E-state index in [1.165, 1.54) is 0 Å². The van der Waals surface area contributed by atoms with Gasteiger partial charge in [0.05, 0.1) is 6.54 Å². The number of carbonyl (C=O) groups is 2. The van der Waals surface area contributed by atoms with E-state index in [0.717, 1.165) is 16.8 Å². The van der Waals surface area contributed by atoms with Crippen LogP contribution in [0.1, 0.15) is 31.9 Å². The molecule has 19 heavy (non-hydrogen) atoms. The molecule has 0 spiro atoms. The number of rotatable bonds is 3. The Kier molecular flexibility index (Phi) is 4.70. The highest BCUT2D eigenvalue weighted by Crippen LogP contribution is 2.16. The topological polar surface area (TPSA) is 58.2 Å². The number of amides is 2. The molecule has 1 aromatic carbocycles. The van der Waals surface area contributed by atoms with E-state index in [1.807, 2.05) is 52.8 Å². The molecule has 2 N–H and O–H groups in total. The molecule has 4 nitrogen and oxygen atoms in total. The third-order valence-corrected chi connectivity index (χ3v) is 2.76. The molecule has 1 aromatic rings. The van der Waals surface area contributed by atoms with E-state index in [9.17, 15) is 9.59 Å². The fraction of sp³-hybridized carbons (Fsp3) is 0.467. The molecule has 0 heterocycles. The van der Waals surface area contributed by atoms with Crippen LogP contribution in [0.25, 0.3) is 0 Å². The molecule has 104 valence electrons. The summed E-state index contributed by atoms with van der Waals surface area (Å²) in [4.78, 5) is 23.4. The molecule has 4 heteroatoms. The van der Waals surface area contributed by atoms with Gasteiger partial charge in [0, 0.05) is 11.1 Å². The maximum Gasteiger partial charge on any atom is 0.243 e. The van der Waals surface area contributed by atoms with Gasteiger partial charge in [0.25, 0.3) is 0 Å². The van der Waals surface area contributed by atoms with E-state index in [1.54, 1.807) is 0 Å². The highest BCUT2D eigenvalue weighted by molar-refractivity contribution is 5.95. The van der Waals surface area contributed by atoms with Gasteiger partial charge in [-0.3, -0.25) is 9.59 Å². The third-order valence-electron chi connectivity index (χ3n) is 2.76. The van der Waals surface area contributed by atoms with Gasteiger partial charge in [-0.1, -0.05) is 32.9 Å². The van der Waals surface area contributed by atoms with E-state index < -0.39 is 5.41 Å². The summed E-state index contributed by atoms with van der Waals surface area (Å²) in [5, 5.41) is 5.43. The Morgan fingerprint density at radius 2 is 1.79 bits per heavy atom. The van der Waals surface area contributed by atoms with Crippen molar-refractivity contribution in [1.29, 1.82) is 0 Å². The van der Waals surface area contributed by atoms with E-state index in [-0.39, 0.29) is 18.4 Å². The third kappa shape index (κ3) is 4.73. The number of benzene rings is 1. The normalized spacial score (nSPS) is 11.0. The molecule has 0 aliphatic heterocycles. The molecule has 0 radical (unpaired) electrons. The molecule has 0 aromatic heterocycles. The Bertz CT molecular complexity index is 487. The van der Waals surface area contributed by atoms with Crippen LogP contribution in [-0.2, 0) is 9.59 Å². The second-order valence-corrected chi connectivity index (χ2v) is 5.80. The van der Waals surface area contributed by atoms with Gasteiger partial charge < -0.3 is 10.6 Å². The zero-order valence-corrected chi connectivity index (χ0v) is 12.3. The van der Waals surface area contributed by atoms with Crippen molar-refractivity contribution < 1.29 is 9.59 Å². The van der Waals surface area contributed by atoms with E-state index in [0.29, 0.717) is 0 Å². The van der Waals surface area contributed by atoms with E-state index in [4.69, 9.17) is 0 Å². The predicted octanol–water partition coefficient (Wildman–Crippen LogP) is 2.40. The number of carbonyl (C=O) groups excluding carboxylic acids is 2. The Balaban J connectivity index is 2.57. The number of nitrogens with one attached hydrogen (secondary N) is 2. The number of hydrogen-bond donors (Lipinski definition) is 2. The summed E-state index contributed by atoms with van der Waals surface area (Å²) in [7, 11) is 0. The first kappa shape index (κ1) is 15.2. The minimum absolute atomic E-state index is 0.0104. The van der Waals surface area contributed by atoms with Crippen LogP contribution in [0.5, 0.6) is 0 Å². The summed E-state index contributed by atoms with van der Waals surface area (Å²) in [6, 6.07) is 5.86. The van der Waals surface area contributed by atoms with Gasteiger partial charge in [-0.15, -0.1) is 0 Å². The Hall–Kier alpha value is -1.84. The molecule has 0 saturated heterocycles. The van der Waals surface area contributed by atoms with Crippen LogP contribution in [0.15, 0.2) is 18.2 Å². The SMILES string of the molecule is Cc1ccc(C)c(NC(=O)CNC(=O)C(C)(C)C)c1. The Labute approximate surface area is 114 Å². The Morgan fingerprint density at radius 3 is 2.37 bits per heavy atom. The lowest BCUT2D eigenvalue weighted by atomic mass is 9.96. The summed E-state index contributed by atoms with van der Waals surface area (Å²) in [6.45, 7) is 9.32. The standard InChI is InChI=1S/C15H22N2O2/c1-10-6-7-11(2)12(8-10)17-13(18)9-16-14(19)15(3,4)5/h6-8H,9H2,1-5H3,(H,16,19)(H,17,18). The van der Waals surface area contributed by atoms with Crippen molar-refractivity contribution in [3.63, 3.8) is 0 Å². The average molecular weight is 262 g/mol. The maximum absolute atomic E-state index is 11.8. The van der Waals surface area contributed by atoms with Crippen molar-refractivity contribution in [1.82, 2.24) is 5.32 Å². The van der Waals surface area contributed by atoms with Crippen LogP contribution in [0, 0.1) is 19.3 Å². The second-order valence-electron chi connectivity index (χ2n) is 5.80. The predicted molar refractivity (Wildman–Crippen MR) is 77.0 cm³/mol. The van der Waals surface area contributed by atoms with Crippen LogP contribution < -0.4 is 10.6 Å². The fourth-order valence-electron chi connectivity index (χ4n) is 1.49. The molecular weight excluding hydrogens is 240 g/mol. The summed E-state index contributed by atoms with van der Waals surface area (Å²) >= 11 is 0. The highest BCUT2D eigenvalue weighted by Gasteiger charge is 2.21. The number of hydrogen-bond acceptors (Lipinski definition) is 2. The summed E-state index contributed by atoms with van der Waals surface area (Å²) < 4.78 is 0.